The number of hydrogen-bond donors (Lipinski definition) is 1. The molecule has 14 nitrogen and oxygen atoms in total. The second-order valence-corrected chi connectivity index (χ2v) is 10.8. The largest absolute Gasteiger partial charge is 0.444 e. The van der Waals surface area contributed by atoms with E-state index in [0.717, 1.165) is 25.2 Å². The Morgan fingerprint density at radius 3 is 1.58 bits per heavy atom. The maximum absolute atomic E-state index is 12.6. The fourth-order valence-corrected chi connectivity index (χ4v) is 4.50. The van der Waals surface area contributed by atoms with Crippen molar-refractivity contribution in [1.82, 2.24) is 10.2 Å². The number of hydrogen-bond acceptors (Lipinski definition) is 11. The summed E-state index contributed by atoms with van der Waals surface area (Å²) in [6, 6.07) is 7.34. The van der Waals surface area contributed by atoms with Crippen LogP contribution in [0.15, 0.2) is 36.4 Å². The molecule has 45 heavy (non-hydrogen) atoms. The van der Waals surface area contributed by atoms with E-state index in [-0.39, 0.29) is 22.9 Å². The van der Waals surface area contributed by atoms with E-state index in [1.807, 2.05) is 4.90 Å². The molecular weight excluding hydrogens is 612 g/mol. The Hall–Kier alpha value is -4.61. The minimum absolute atomic E-state index is 0.161. The molecule has 0 aromatic heterocycles. The average molecular weight is 647 g/mol. The summed E-state index contributed by atoms with van der Waals surface area (Å²) >= 11 is 0. The van der Waals surface area contributed by atoms with Gasteiger partial charge in [0.1, 0.15) is 5.60 Å². The zero-order chi connectivity index (χ0) is 33.3. The molecule has 18 heteroatoms. The lowest BCUT2D eigenvalue weighted by Gasteiger charge is -2.37. The van der Waals surface area contributed by atoms with Gasteiger partial charge < -0.3 is 34.2 Å². The van der Waals surface area contributed by atoms with Gasteiger partial charge >= 0.3 is 19.3 Å². The Morgan fingerprint density at radius 2 is 1.20 bits per heavy atom. The monoisotopic (exact) mass is 646 g/mol. The number of nitrogens with one attached hydrogen (secondary N) is 1. The van der Waals surface area contributed by atoms with Crippen LogP contribution in [0.1, 0.15) is 20.8 Å². The summed E-state index contributed by atoms with van der Waals surface area (Å²) in [5, 5.41) is 24.7. The van der Waals surface area contributed by atoms with Gasteiger partial charge in [-0.25, -0.2) is 4.79 Å². The standard InChI is InChI=1S/C16H21F2N3O5.C11H13F2N3O3/c1-16(2,3)26-15(22)20-8-6-19(7-9-20)12-5-4-11(21(23)24)10-13(12)25-14(17)18;12-11(13)19-10-7-8(16(17)18)1-2-9(10)15-5-3-14-4-6-15/h4-5,10,14H,6-9H2,1-3H3;1-2,7,11,14H,3-6H2. The zero-order valence-electron chi connectivity index (χ0n) is 24.8. The molecule has 0 saturated carbocycles. The molecule has 2 saturated heterocycles. The number of nitrogens with zero attached hydrogens (tertiary/aromatic N) is 5. The molecule has 0 radical (unpaired) electrons. The molecule has 0 unspecified atom stereocenters. The van der Waals surface area contributed by atoms with Crippen molar-refractivity contribution in [3.05, 3.63) is 56.6 Å². The van der Waals surface area contributed by atoms with Gasteiger partial charge in [-0.05, 0) is 32.9 Å². The van der Waals surface area contributed by atoms with Crippen LogP contribution in [0.4, 0.5) is 45.1 Å². The van der Waals surface area contributed by atoms with Crippen LogP contribution in [0.3, 0.4) is 0 Å². The number of carbonyl (C=O) groups is 1. The highest BCUT2D eigenvalue weighted by molar-refractivity contribution is 5.69. The molecular formula is C27H34F4N6O8. The summed E-state index contributed by atoms with van der Waals surface area (Å²) in [6.07, 6.45) is -0.440. The van der Waals surface area contributed by atoms with Gasteiger partial charge in [-0.3, -0.25) is 20.2 Å². The van der Waals surface area contributed by atoms with E-state index in [9.17, 15) is 42.6 Å². The van der Waals surface area contributed by atoms with E-state index in [0.29, 0.717) is 50.6 Å². The molecule has 2 aliphatic heterocycles. The van der Waals surface area contributed by atoms with Gasteiger partial charge in [0, 0.05) is 64.5 Å². The van der Waals surface area contributed by atoms with E-state index in [1.54, 1.807) is 25.7 Å². The number of carbonyl (C=O) groups excluding carboxylic acids is 1. The van der Waals surface area contributed by atoms with E-state index < -0.39 is 34.8 Å². The number of halogens is 4. The van der Waals surface area contributed by atoms with Crippen LogP contribution in [0.2, 0.25) is 0 Å². The first-order valence-electron chi connectivity index (χ1n) is 13.8. The van der Waals surface area contributed by atoms with Crippen molar-refractivity contribution < 1.29 is 46.4 Å². The summed E-state index contributed by atoms with van der Waals surface area (Å²) in [5.74, 6) is -0.425. The molecule has 0 atom stereocenters. The quantitative estimate of drug-likeness (QED) is 0.238. The van der Waals surface area contributed by atoms with Crippen molar-refractivity contribution in [1.29, 1.82) is 0 Å². The van der Waals surface area contributed by atoms with E-state index in [1.165, 1.54) is 29.2 Å². The molecule has 0 aliphatic carbocycles. The summed E-state index contributed by atoms with van der Waals surface area (Å²) in [5.41, 5.74) is -0.441. The molecule has 2 fully saturated rings. The van der Waals surface area contributed by atoms with Crippen LogP contribution in [-0.4, -0.2) is 92.0 Å². The van der Waals surface area contributed by atoms with Gasteiger partial charge in [0.15, 0.2) is 11.5 Å². The molecule has 2 aromatic rings. The molecule has 2 heterocycles. The van der Waals surface area contributed by atoms with Crippen LogP contribution >= 0.6 is 0 Å². The lowest BCUT2D eigenvalue weighted by atomic mass is 10.2. The van der Waals surface area contributed by atoms with Crippen LogP contribution < -0.4 is 24.6 Å². The number of benzene rings is 2. The number of ether oxygens (including phenoxy) is 3. The lowest BCUT2D eigenvalue weighted by molar-refractivity contribution is -0.385. The Labute approximate surface area is 255 Å². The van der Waals surface area contributed by atoms with Crippen molar-refractivity contribution >= 4 is 28.8 Å². The number of alkyl halides is 4. The van der Waals surface area contributed by atoms with Crippen LogP contribution in [-0.2, 0) is 4.74 Å². The third-order valence-electron chi connectivity index (χ3n) is 6.47. The number of amides is 1. The smallest absolute Gasteiger partial charge is 0.410 e. The normalized spacial score (nSPS) is 15.4. The minimum atomic E-state index is -3.10. The first kappa shape index (κ1) is 34.9. The number of anilines is 2. The van der Waals surface area contributed by atoms with Crippen molar-refractivity contribution in [2.75, 3.05) is 62.2 Å². The van der Waals surface area contributed by atoms with Crippen LogP contribution in [0, 0.1) is 20.2 Å². The molecule has 0 spiro atoms. The zero-order valence-corrected chi connectivity index (χ0v) is 24.8. The third-order valence-corrected chi connectivity index (χ3v) is 6.47. The van der Waals surface area contributed by atoms with Crippen molar-refractivity contribution in [3.63, 3.8) is 0 Å². The van der Waals surface area contributed by atoms with Gasteiger partial charge in [0.2, 0.25) is 0 Å². The summed E-state index contributed by atoms with van der Waals surface area (Å²) in [6.45, 7) is 3.31. The number of nitro benzene ring substituents is 2. The van der Waals surface area contributed by atoms with E-state index in [4.69, 9.17) is 4.74 Å². The molecule has 1 amide bonds. The first-order valence-corrected chi connectivity index (χ1v) is 13.8. The fourth-order valence-electron chi connectivity index (χ4n) is 4.50. The molecule has 2 aliphatic rings. The van der Waals surface area contributed by atoms with Crippen LogP contribution in [0.5, 0.6) is 11.5 Å². The van der Waals surface area contributed by atoms with Gasteiger partial charge in [-0.2, -0.15) is 17.6 Å². The van der Waals surface area contributed by atoms with Gasteiger partial charge in [0.25, 0.3) is 11.4 Å². The highest BCUT2D eigenvalue weighted by Crippen LogP contribution is 2.35. The topological polar surface area (TPSA) is 153 Å². The molecule has 4 rings (SSSR count). The Morgan fingerprint density at radius 1 is 0.778 bits per heavy atom. The van der Waals surface area contributed by atoms with E-state index in [2.05, 4.69) is 14.8 Å². The Kier molecular flexibility index (Phi) is 11.9. The molecule has 2 aromatic carbocycles. The number of non-ortho nitro benzene ring substituents is 2. The third kappa shape index (κ3) is 10.5. The van der Waals surface area contributed by atoms with Gasteiger partial charge in [0.05, 0.1) is 33.4 Å². The summed E-state index contributed by atoms with van der Waals surface area (Å²) in [7, 11) is 0. The number of rotatable bonds is 8. The van der Waals surface area contributed by atoms with Gasteiger partial charge in [-0.1, -0.05) is 0 Å². The molecule has 0 bridgehead atoms. The molecule has 248 valence electrons. The second kappa shape index (κ2) is 15.4. The molecule has 1 N–H and O–H groups in total. The Bertz CT molecular complexity index is 1330. The van der Waals surface area contributed by atoms with Crippen molar-refractivity contribution in [3.8, 4) is 11.5 Å². The maximum atomic E-state index is 12.6. The van der Waals surface area contributed by atoms with Crippen molar-refractivity contribution in [2.45, 2.75) is 39.6 Å². The fraction of sp³-hybridized carbons (Fsp3) is 0.519. The van der Waals surface area contributed by atoms with Crippen LogP contribution in [0.25, 0.3) is 0 Å². The summed E-state index contributed by atoms with van der Waals surface area (Å²) < 4.78 is 64.2. The Balaban J connectivity index is 0.000000257. The average Bonchev–Trinajstić information content (AvgIpc) is 2.96. The lowest BCUT2D eigenvalue weighted by Crippen LogP contribution is -2.50. The highest BCUT2D eigenvalue weighted by atomic mass is 19.3. The van der Waals surface area contributed by atoms with Gasteiger partial charge in [-0.15, -0.1) is 0 Å². The SMILES string of the molecule is CC(C)(C)OC(=O)N1CCN(c2ccc([N+](=O)[O-])cc2OC(F)F)CC1.O=[N+]([O-])c1ccc(N2CCNCC2)c(OC(F)F)c1. The van der Waals surface area contributed by atoms with Crippen molar-refractivity contribution in [2.24, 2.45) is 0 Å². The summed E-state index contributed by atoms with van der Waals surface area (Å²) in [4.78, 5) is 37.4. The highest BCUT2D eigenvalue weighted by Gasteiger charge is 2.28. The maximum Gasteiger partial charge on any atom is 0.410 e. The number of nitro groups is 2. The predicted octanol–water partition coefficient (Wildman–Crippen LogP) is 4.86. The number of piperazine rings is 2. The second-order valence-electron chi connectivity index (χ2n) is 10.8. The first-order chi connectivity index (χ1) is 21.1. The minimum Gasteiger partial charge on any atom is -0.444 e. The predicted molar refractivity (Wildman–Crippen MR) is 155 cm³/mol. The van der Waals surface area contributed by atoms with E-state index >= 15 is 0 Å².